The van der Waals surface area contributed by atoms with Gasteiger partial charge in [0.05, 0.1) is 0 Å². The van der Waals surface area contributed by atoms with Gasteiger partial charge in [-0.1, -0.05) is 20.3 Å². The first kappa shape index (κ1) is 15.8. The van der Waals surface area contributed by atoms with Gasteiger partial charge in [-0.15, -0.1) is 0 Å². The maximum atomic E-state index is 3.79. The molecule has 21 heavy (non-hydrogen) atoms. The molecule has 0 aromatic heterocycles. The molecule has 2 aliphatic heterocycles. The van der Waals surface area contributed by atoms with Crippen LogP contribution in [0.1, 0.15) is 65.2 Å². The van der Waals surface area contributed by atoms with Crippen molar-refractivity contribution in [3.8, 4) is 0 Å². The predicted molar refractivity (Wildman–Crippen MR) is 89.7 cm³/mol. The maximum Gasteiger partial charge on any atom is 0.0115 e. The molecule has 0 aromatic rings. The molecule has 2 heterocycles. The molecule has 0 radical (unpaired) electrons. The van der Waals surface area contributed by atoms with Crippen LogP contribution in [0.2, 0.25) is 0 Å². The molecule has 3 nitrogen and oxygen atoms in total. The summed E-state index contributed by atoms with van der Waals surface area (Å²) in [7, 11) is 0. The lowest BCUT2D eigenvalue weighted by Crippen LogP contribution is -2.57. The van der Waals surface area contributed by atoms with Gasteiger partial charge in [0.2, 0.25) is 0 Å². The third-order valence-electron chi connectivity index (χ3n) is 5.92. The van der Waals surface area contributed by atoms with E-state index >= 15 is 0 Å². The van der Waals surface area contributed by atoms with Gasteiger partial charge < -0.3 is 5.32 Å². The molecule has 2 saturated heterocycles. The molecular formula is C18H35N3. The number of likely N-dealkylation sites (N-methyl/N-ethyl adjacent to an activating group) is 1. The van der Waals surface area contributed by atoms with Crippen LogP contribution in [0.25, 0.3) is 0 Å². The van der Waals surface area contributed by atoms with Crippen molar-refractivity contribution in [3.05, 3.63) is 0 Å². The summed E-state index contributed by atoms with van der Waals surface area (Å²) >= 11 is 0. The van der Waals surface area contributed by atoms with Crippen LogP contribution in [0.5, 0.6) is 0 Å². The van der Waals surface area contributed by atoms with Gasteiger partial charge in [-0.25, -0.2) is 0 Å². The van der Waals surface area contributed by atoms with Gasteiger partial charge in [-0.2, -0.15) is 0 Å². The Morgan fingerprint density at radius 1 is 1.05 bits per heavy atom. The van der Waals surface area contributed by atoms with Crippen LogP contribution in [-0.2, 0) is 0 Å². The Bertz CT molecular complexity index is 302. The Hall–Kier alpha value is -0.120. The number of hydrogen-bond donors (Lipinski definition) is 1. The van der Waals surface area contributed by atoms with Gasteiger partial charge in [0.1, 0.15) is 0 Å². The first-order valence-corrected chi connectivity index (χ1v) is 9.55. The molecule has 3 aliphatic rings. The Balaban J connectivity index is 1.51. The average Bonchev–Trinajstić information content (AvgIpc) is 3.30. The summed E-state index contributed by atoms with van der Waals surface area (Å²) in [6.45, 7) is 9.69. The van der Waals surface area contributed by atoms with Gasteiger partial charge >= 0.3 is 0 Å². The van der Waals surface area contributed by atoms with Crippen LogP contribution in [0.4, 0.5) is 0 Å². The minimum Gasteiger partial charge on any atom is -0.314 e. The van der Waals surface area contributed by atoms with Crippen LogP contribution < -0.4 is 5.32 Å². The lowest BCUT2D eigenvalue weighted by atomic mass is 9.81. The lowest BCUT2D eigenvalue weighted by molar-refractivity contribution is 0.0170. The standard InChI is InChI=1S/C18H35N3/c1-3-10-19-15-13-17-6-5-7-18(14-15)21(17)12-11-20(4-2)16-8-9-16/h15-19H,3-14H2,1-2H3. The normalized spacial score (nSPS) is 33.6. The van der Waals surface area contributed by atoms with E-state index in [0.717, 1.165) is 24.2 Å². The quantitative estimate of drug-likeness (QED) is 0.742. The monoisotopic (exact) mass is 293 g/mol. The Kier molecular flexibility index (Phi) is 5.58. The third kappa shape index (κ3) is 4.00. The number of fused-ring (bicyclic) bond motifs is 2. The van der Waals surface area contributed by atoms with E-state index in [1.54, 1.807) is 0 Å². The average molecular weight is 293 g/mol. The van der Waals surface area contributed by atoms with E-state index in [4.69, 9.17) is 0 Å². The number of rotatable bonds is 8. The highest BCUT2D eigenvalue weighted by Crippen LogP contribution is 2.34. The molecule has 1 N–H and O–H groups in total. The van der Waals surface area contributed by atoms with Gasteiger partial charge in [0.15, 0.2) is 0 Å². The number of nitrogens with zero attached hydrogens (tertiary/aromatic N) is 2. The minimum absolute atomic E-state index is 0.794. The molecule has 3 heteroatoms. The lowest BCUT2D eigenvalue weighted by Gasteiger charge is -2.49. The van der Waals surface area contributed by atoms with Crippen LogP contribution in [-0.4, -0.2) is 60.1 Å². The zero-order valence-electron chi connectivity index (χ0n) is 14.2. The molecule has 3 rings (SSSR count). The van der Waals surface area contributed by atoms with Crippen molar-refractivity contribution >= 4 is 0 Å². The Morgan fingerprint density at radius 3 is 2.33 bits per heavy atom. The van der Waals surface area contributed by atoms with E-state index in [1.165, 1.54) is 77.5 Å². The van der Waals surface area contributed by atoms with Gasteiger partial charge in [0, 0.05) is 37.3 Å². The van der Waals surface area contributed by atoms with Crippen molar-refractivity contribution in [3.63, 3.8) is 0 Å². The first-order chi connectivity index (χ1) is 10.3. The largest absolute Gasteiger partial charge is 0.314 e. The molecule has 2 atom stereocenters. The smallest absolute Gasteiger partial charge is 0.0115 e. The summed E-state index contributed by atoms with van der Waals surface area (Å²) in [5.74, 6) is 0. The molecule has 122 valence electrons. The van der Waals surface area contributed by atoms with Crippen LogP contribution in [0.15, 0.2) is 0 Å². The predicted octanol–water partition coefficient (Wildman–Crippen LogP) is 2.86. The van der Waals surface area contributed by atoms with E-state index in [2.05, 4.69) is 29.0 Å². The molecule has 0 aromatic carbocycles. The van der Waals surface area contributed by atoms with Gasteiger partial charge in [0.25, 0.3) is 0 Å². The molecule has 2 bridgehead atoms. The fourth-order valence-electron chi connectivity index (χ4n) is 4.64. The fraction of sp³-hybridized carbons (Fsp3) is 1.00. The fourth-order valence-corrected chi connectivity index (χ4v) is 4.64. The highest BCUT2D eigenvalue weighted by atomic mass is 15.3. The summed E-state index contributed by atoms with van der Waals surface area (Å²) in [5, 5.41) is 3.79. The van der Waals surface area contributed by atoms with E-state index in [0.29, 0.717) is 0 Å². The zero-order chi connectivity index (χ0) is 14.7. The van der Waals surface area contributed by atoms with E-state index in [9.17, 15) is 0 Å². The number of nitrogens with one attached hydrogen (secondary N) is 1. The van der Waals surface area contributed by atoms with Crippen LogP contribution in [0.3, 0.4) is 0 Å². The van der Waals surface area contributed by atoms with Crippen molar-refractivity contribution in [2.45, 2.75) is 89.4 Å². The topological polar surface area (TPSA) is 18.5 Å². The summed E-state index contributed by atoms with van der Waals surface area (Å²) < 4.78 is 0. The van der Waals surface area contributed by atoms with Crippen LogP contribution in [0, 0.1) is 0 Å². The SMILES string of the molecule is CCCNC1CC2CCCC(C1)N2CCN(CC)C1CC1. The molecule has 1 aliphatic carbocycles. The molecule has 3 fully saturated rings. The zero-order valence-corrected chi connectivity index (χ0v) is 14.2. The molecule has 0 spiro atoms. The second-order valence-electron chi connectivity index (χ2n) is 7.46. The summed E-state index contributed by atoms with van der Waals surface area (Å²) in [6.07, 6.45) is 11.3. The van der Waals surface area contributed by atoms with E-state index in [1.807, 2.05) is 0 Å². The third-order valence-corrected chi connectivity index (χ3v) is 5.92. The van der Waals surface area contributed by atoms with Crippen molar-refractivity contribution < 1.29 is 0 Å². The molecule has 0 amide bonds. The highest BCUT2D eigenvalue weighted by Gasteiger charge is 2.38. The van der Waals surface area contributed by atoms with Crippen molar-refractivity contribution in [2.24, 2.45) is 0 Å². The second kappa shape index (κ2) is 7.43. The highest BCUT2D eigenvalue weighted by molar-refractivity contribution is 4.95. The molecule has 2 unspecified atom stereocenters. The number of hydrogen-bond acceptors (Lipinski definition) is 3. The Morgan fingerprint density at radius 2 is 1.76 bits per heavy atom. The Labute approximate surface area is 131 Å². The van der Waals surface area contributed by atoms with Crippen molar-refractivity contribution in [1.29, 1.82) is 0 Å². The second-order valence-corrected chi connectivity index (χ2v) is 7.46. The summed E-state index contributed by atoms with van der Waals surface area (Å²) in [4.78, 5) is 5.61. The minimum atomic E-state index is 0.794. The maximum absolute atomic E-state index is 3.79. The van der Waals surface area contributed by atoms with Gasteiger partial charge in [-0.3, -0.25) is 9.80 Å². The van der Waals surface area contributed by atoms with E-state index in [-0.39, 0.29) is 0 Å². The van der Waals surface area contributed by atoms with E-state index < -0.39 is 0 Å². The summed E-state index contributed by atoms with van der Waals surface area (Å²) in [6, 6.07) is 3.45. The first-order valence-electron chi connectivity index (χ1n) is 9.55. The summed E-state index contributed by atoms with van der Waals surface area (Å²) in [5.41, 5.74) is 0. The van der Waals surface area contributed by atoms with Gasteiger partial charge in [-0.05, 0) is 58.0 Å². The van der Waals surface area contributed by atoms with Crippen molar-refractivity contribution in [1.82, 2.24) is 15.1 Å². The van der Waals surface area contributed by atoms with Crippen molar-refractivity contribution in [2.75, 3.05) is 26.2 Å². The van der Waals surface area contributed by atoms with Crippen LogP contribution >= 0.6 is 0 Å². The molecule has 1 saturated carbocycles. The number of piperidine rings is 2. The molecular weight excluding hydrogens is 258 g/mol.